The van der Waals surface area contributed by atoms with Crippen LogP contribution in [0.4, 0.5) is 30.9 Å². The molecule has 5 rings (SSSR count). The van der Waals surface area contributed by atoms with Crippen molar-refractivity contribution in [3.63, 3.8) is 0 Å². The summed E-state index contributed by atoms with van der Waals surface area (Å²) in [5.41, 5.74) is 6.32. The number of carbonyl (C=O) groups excluding carboxylic acids is 1. The molecule has 0 saturated carbocycles. The summed E-state index contributed by atoms with van der Waals surface area (Å²) in [5, 5.41) is 0. The Hall–Kier alpha value is -3.75. The summed E-state index contributed by atoms with van der Waals surface area (Å²) in [4.78, 5) is 38.0. The maximum Gasteiger partial charge on any atom is 0.406 e. The molecule has 0 unspecified atom stereocenters. The van der Waals surface area contributed by atoms with Crippen LogP contribution in [0.1, 0.15) is 0 Å². The third kappa shape index (κ3) is 4.76. The molecule has 0 bridgehead atoms. The van der Waals surface area contributed by atoms with Gasteiger partial charge in [0.25, 0.3) is 0 Å². The highest BCUT2D eigenvalue weighted by Gasteiger charge is 2.34. The van der Waals surface area contributed by atoms with E-state index in [0.717, 1.165) is 11.0 Å². The molecule has 0 aliphatic carbocycles. The minimum absolute atomic E-state index is 0.0541. The second-order valence-electron chi connectivity index (χ2n) is 8.21. The minimum atomic E-state index is -4.51. The Bertz CT molecular complexity index is 1200. The lowest BCUT2D eigenvalue weighted by Crippen LogP contribution is -2.46. The van der Waals surface area contributed by atoms with Crippen LogP contribution in [0.25, 0.3) is 22.6 Å². The highest BCUT2D eigenvalue weighted by Crippen LogP contribution is 2.33. The molecule has 1 amide bonds. The molecule has 2 aliphatic heterocycles. The van der Waals surface area contributed by atoms with Gasteiger partial charge in [-0.15, -0.1) is 0 Å². The van der Waals surface area contributed by atoms with Gasteiger partial charge < -0.3 is 25.2 Å². The molecule has 2 N–H and O–H groups in total. The zero-order chi connectivity index (χ0) is 24.6. The number of ether oxygens (including phenoxy) is 1. The molecule has 2 fully saturated rings. The smallest absolute Gasteiger partial charge is 0.378 e. The van der Waals surface area contributed by atoms with Crippen molar-refractivity contribution in [1.82, 2.24) is 34.4 Å². The van der Waals surface area contributed by atoms with Crippen LogP contribution in [0.2, 0.25) is 0 Å². The Kier molecular flexibility index (Phi) is 6.00. The summed E-state index contributed by atoms with van der Waals surface area (Å²) in [6, 6.07) is 0. The third-order valence-electron chi connectivity index (χ3n) is 5.88. The Morgan fingerprint density at radius 3 is 2.29 bits per heavy atom. The van der Waals surface area contributed by atoms with Gasteiger partial charge in [0.2, 0.25) is 18.3 Å². The number of carbonyl (C=O) groups is 1. The van der Waals surface area contributed by atoms with Crippen molar-refractivity contribution in [2.75, 3.05) is 68.0 Å². The second-order valence-corrected chi connectivity index (χ2v) is 8.21. The lowest BCUT2D eigenvalue weighted by molar-refractivity contribution is -0.139. The van der Waals surface area contributed by atoms with E-state index in [1.165, 1.54) is 12.4 Å². The third-order valence-corrected chi connectivity index (χ3v) is 5.88. The number of nitrogen functional groups attached to an aromatic ring is 1. The molecule has 35 heavy (non-hydrogen) atoms. The van der Waals surface area contributed by atoms with E-state index in [1.807, 2.05) is 4.90 Å². The summed E-state index contributed by atoms with van der Waals surface area (Å²) in [5.74, 6) is 0.776. The van der Waals surface area contributed by atoms with Crippen LogP contribution >= 0.6 is 0 Å². The number of anilines is 3. The molecule has 186 valence electrons. The zero-order valence-electron chi connectivity index (χ0n) is 18.6. The molecule has 3 aromatic heterocycles. The maximum absolute atomic E-state index is 13.7. The molecule has 2 saturated heterocycles. The van der Waals surface area contributed by atoms with E-state index in [-0.39, 0.29) is 28.9 Å². The van der Waals surface area contributed by atoms with Gasteiger partial charge in [0.05, 0.1) is 18.8 Å². The number of rotatable bonds is 5. The first kappa shape index (κ1) is 23.0. The quantitative estimate of drug-likeness (QED) is 0.504. The number of hydrogen-bond acceptors (Lipinski definition) is 10. The molecule has 0 radical (unpaired) electrons. The fourth-order valence-electron chi connectivity index (χ4n) is 4.15. The number of hydrogen-bond donors (Lipinski definition) is 1. The van der Waals surface area contributed by atoms with Crippen molar-refractivity contribution in [2.45, 2.75) is 12.7 Å². The molecule has 2 aliphatic rings. The number of fused-ring (bicyclic) bond motifs is 1. The first-order chi connectivity index (χ1) is 16.8. The standard InChI is InChI=1S/C20H23F3N10O2/c21-20(22,23)11-33-17-14(27-19(33)32-3-1-30(12-34)2-4-32)16(31-5-7-35-8-6-31)28-15(29-17)13-9-25-18(24)26-10-13/h9-10,12H,1-8,11H2,(H2,24,25,26). The number of nitrogens with two attached hydrogens (primary N) is 1. The largest absolute Gasteiger partial charge is 0.406 e. The van der Waals surface area contributed by atoms with Crippen molar-refractivity contribution in [3.8, 4) is 11.4 Å². The second kappa shape index (κ2) is 9.13. The van der Waals surface area contributed by atoms with E-state index in [4.69, 9.17) is 10.5 Å². The molecule has 0 atom stereocenters. The lowest BCUT2D eigenvalue weighted by atomic mass is 10.3. The highest BCUT2D eigenvalue weighted by atomic mass is 19.4. The van der Waals surface area contributed by atoms with Crippen LogP contribution in [0.3, 0.4) is 0 Å². The predicted octanol–water partition coefficient (Wildman–Crippen LogP) is 0.543. The van der Waals surface area contributed by atoms with Gasteiger partial charge in [-0.25, -0.2) is 24.9 Å². The summed E-state index contributed by atoms with van der Waals surface area (Å²) in [7, 11) is 0. The molecule has 5 heterocycles. The Morgan fingerprint density at radius 1 is 0.971 bits per heavy atom. The van der Waals surface area contributed by atoms with Gasteiger partial charge in [-0.1, -0.05) is 0 Å². The van der Waals surface area contributed by atoms with Crippen molar-refractivity contribution in [2.24, 2.45) is 0 Å². The Balaban J connectivity index is 1.69. The monoisotopic (exact) mass is 492 g/mol. The van der Waals surface area contributed by atoms with Crippen molar-refractivity contribution in [3.05, 3.63) is 12.4 Å². The van der Waals surface area contributed by atoms with Crippen LogP contribution in [0, 0.1) is 0 Å². The topological polar surface area (TPSA) is 131 Å². The van der Waals surface area contributed by atoms with Crippen LogP contribution in [-0.4, -0.2) is 99.5 Å². The molecular formula is C20H23F3N10O2. The average Bonchev–Trinajstić information content (AvgIpc) is 3.21. The SMILES string of the molecule is Nc1ncc(-c2nc(N3CCOCC3)c3nc(N4CCN(C=O)CC4)n(CC(F)(F)F)c3n2)cn1. The van der Waals surface area contributed by atoms with Crippen molar-refractivity contribution < 1.29 is 22.7 Å². The fourth-order valence-corrected chi connectivity index (χ4v) is 4.15. The first-order valence-corrected chi connectivity index (χ1v) is 11.0. The van der Waals surface area contributed by atoms with Gasteiger partial charge >= 0.3 is 6.18 Å². The molecule has 3 aromatic rings. The number of halogens is 3. The summed E-state index contributed by atoms with van der Waals surface area (Å²) in [6.45, 7) is 2.10. The molecule has 0 spiro atoms. The van der Waals surface area contributed by atoms with Gasteiger partial charge in [-0.2, -0.15) is 13.2 Å². The summed E-state index contributed by atoms with van der Waals surface area (Å²) in [6.07, 6.45) is -0.923. The number of morpholine rings is 1. The minimum Gasteiger partial charge on any atom is -0.378 e. The molecule has 15 heteroatoms. The number of piperazine rings is 1. The van der Waals surface area contributed by atoms with E-state index in [9.17, 15) is 18.0 Å². The van der Waals surface area contributed by atoms with Gasteiger partial charge in [-0.05, 0) is 0 Å². The predicted molar refractivity (Wildman–Crippen MR) is 120 cm³/mol. The van der Waals surface area contributed by atoms with E-state index < -0.39 is 12.7 Å². The van der Waals surface area contributed by atoms with Crippen molar-refractivity contribution >= 4 is 35.3 Å². The van der Waals surface area contributed by atoms with Crippen LogP contribution < -0.4 is 15.5 Å². The van der Waals surface area contributed by atoms with Gasteiger partial charge in [0.1, 0.15) is 6.54 Å². The maximum atomic E-state index is 13.7. The lowest BCUT2D eigenvalue weighted by Gasteiger charge is -2.33. The summed E-state index contributed by atoms with van der Waals surface area (Å²) >= 11 is 0. The van der Waals surface area contributed by atoms with Gasteiger partial charge in [-0.3, -0.25) is 9.36 Å². The van der Waals surface area contributed by atoms with Gasteiger partial charge in [0, 0.05) is 51.7 Å². The van der Waals surface area contributed by atoms with Crippen LogP contribution in [0.15, 0.2) is 12.4 Å². The van der Waals surface area contributed by atoms with Crippen molar-refractivity contribution in [1.29, 1.82) is 0 Å². The Morgan fingerprint density at radius 2 is 1.66 bits per heavy atom. The molecule has 12 nitrogen and oxygen atoms in total. The molecule has 0 aromatic carbocycles. The van der Waals surface area contributed by atoms with E-state index in [2.05, 4.69) is 24.9 Å². The number of amides is 1. The number of imidazole rings is 1. The van der Waals surface area contributed by atoms with E-state index in [0.29, 0.717) is 63.9 Å². The Labute approximate surface area is 197 Å². The number of alkyl halides is 3. The number of nitrogens with zero attached hydrogens (tertiary/aromatic N) is 9. The average molecular weight is 492 g/mol. The van der Waals surface area contributed by atoms with Gasteiger partial charge in [0.15, 0.2) is 22.8 Å². The highest BCUT2D eigenvalue weighted by molar-refractivity contribution is 5.88. The first-order valence-electron chi connectivity index (χ1n) is 11.0. The number of aromatic nitrogens is 6. The van der Waals surface area contributed by atoms with Crippen LogP contribution in [-0.2, 0) is 16.1 Å². The molecular weight excluding hydrogens is 469 g/mol. The van der Waals surface area contributed by atoms with Crippen LogP contribution in [0.5, 0.6) is 0 Å². The zero-order valence-corrected chi connectivity index (χ0v) is 18.6. The van der Waals surface area contributed by atoms with E-state index in [1.54, 1.807) is 9.80 Å². The fraction of sp³-hybridized carbons (Fsp3) is 0.500. The normalized spacial score (nSPS) is 17.3. The van der Waals surface area contributed by atoms with E-state index >= 15 is 0 Å². The summed E-state index contributed by atoms with van der Waals surface area (Å²) < 4.78 is 47.6.